The maximum atomic E-state index is 11.3. The van der Waals surface area contributed by atoms with Crippen LogP contribution in [0.15, 0.2) is 48.4 Å². The van der Waals surface area contributed by atoms with E-state index in [0.717, 1.165) is 4.91 Å². The van der Waals surface area contributed by atoms with E-state index in [2.05, 4.69) is 13.2 Å². The maximum absolute atomic E-state index is 11.3. The molecule has 0 amide bonds. The lowest BCUT2D eigenvalue weighted by atomic mass is 10.1. The van der Waals surface area contributed by atoms with Gasteiger partial charge >= 0.3 is 5.97 Å². The van der Waals surface area contributed by atoms with Crippen molar-refractivity contribution in [2.45, 2.75) is 33.0 Å². The van der Waals surface area contributed by atoms with E-state index in [9.17, 15) is 15.0 Å². The van der Waals surface area contributed by atoms with Gasteiger partial charge in [0.25, 0.3) is 0 Å². The summed E-state index contributed by atoms with van der Waals surface area (Å²) in [4.78, 5) is 13.0. The van der Waals surface area contributed by atoms with E-state index in [1.165, 1.54) is 17.8 Å². The summed E-state index contributed by atoms with van der Waals surface area (Å²) in [6.45, 7) is 12.9. The number of aromatic carboxylic acids is 1. The third-order valence-corrected chi connectivity index (χ3v) is 4.05. The lowest BCUT2D eigenvalue weighted by Crippen LogP contribution is -2.25. The molecular formula is C18H22O4S. The Balaban J connectivity index is 3.13. The van der Waals surface area contributed by atoms with Crippen LogP contribution in [0.5, 0.6) is 5.75 Å². The topological polar surface area (TPSA) is 66.8 Å². The number of aliphatic hydroxyl groups is 1. The van der Waals surface area contributed by atoms with Crippen LogP contribution in [0.1, 0.15) is 36.7 Å². The van der Waals surface area contributed by atoms with Gasteiger partial charge in [0.1, 0.15) is 11.9 Å². The summed E-state index contributed by atoms with van der Waals surface area (Å²) in [6, 6.07) is 4.72. The van der Waals surface area contributed by atoms with Gasteiger partial charge in [-0.1, -0.05) is 37.1 Å². The molecule has 0 radical (unpaired) electrons. The molecule has 0 aromatic heterocycles. The van der Waals surface area contributed by atoms with Crippen molar-refractivity contribution >= 4 is 22.6 Å². The number of allylic oxidation sites excluding steroid dienone is 3. The van der Waals surface area contributed by atoms with Crippen LogP contribution in [-0.2, 0) is 0 Å². The first kappa shape index (κ1) is 19.1. The van der Waals surface area contributed by atoms with Gasteiger partial charge in [-0.15, -0.1) is 0 Å². The van der Waals surface area contributed by atoms with E-state index in [4.69, 9.17) is 4.74 Å². The maximum Gasteiger partial charge on any atom is 0.335 e. The molecule has 23 heavy (non-hydrogen) atoms. The molecule has 0 aliphatic rings. The first-order valence-electron chi connectivity index (χ1n) is 7.14. The summed E-state index contributed by atoms with van der Waals surface area (Å²) in [5, 5.41) is 18.8. The molecule has 4 nitrogen and oxygen atoms in total. The quantitative estimate of drug-likeness (QED) is 0.693. The second-order valence-corrected chi connectivity index (χ2v) is 6.49. The number of aliphatic hydroxyl groups excluding tert-OH is 1. The highest BCUT2D eigenvalue weighted by Gasteiger charge is 2.15. The molecule has 2 atom stereocenters. The summed E-state index contributed by atoms with van der Waals surface area (Å²) >= 11 is 1.43. The number of hydrogen-bond acceptors (Lipinski definition) is 4. The highest BCUT2D eigenvalue weighted by atomic mass is 32.2. The molecule has 0 saturated heterocycles. The molecule has 1 aromatic carbocycles. The van der Waals surface area contributed by atoms with Crippen LogP contribution >= 0.6 is 11.8 Å². The van der Waals surface area contributed by atoms with Gasteiger partial charge in [-0.3, -0.25) is 0 Å². The fourth-order valence-electron chi connectivity index (χ4n) is 1.72. The monoisotopic (exact) mass is 334 g/mol. The number of ether oxygens (including phenoxy) is 1. The standard InChI is InChI=1S/C18H22O4S/c1-6-7-11(2)23-14(5)15-8-16(18(20)21)10-17(9-15)22-13(4)12(3)19/h6-10,12-13,19H,1,5H2,2-4H3,(H,20,21)/b11-7-. The number of carboxylic acid groups (broad SMARTS) is 1. The van der Waals surface area contributed by atoms with Gasteiger partial charge < -0.3 is 14.9 Å². The SMILES string of the molecule is C=C/C=C(/C)SC(=C)c1cc(OC(C)C(C)O)cc(C(=O)O)c1. The van der Waals surface area contributed by atoms with Crippen LogP contribution in [0.3, 0.4) is 0 Å². The van der Waals surface area contributed by atoms with Crippen molar-refractivity contribution in [1.29, 1.82) is 0 Å². The van der Waals surface area contributed by atoms with Crippen LogP contribution < -0.4 is 4.74 Å². The molecule has 2 N–H and O–H groups in total. The molecular weight excluding hydrogens is 312 g/mol. The minimum Gasteiger partial charge on any atom is -0.488 e. The van der Waals surface area contributed by atoms with Crippen LogP contribution in [0.25, 0.3) is 4.91 Å². The normalized spacial score (nSPS) is 14.0. The smallest absolute Gasteiger partial charge is 0.335 e. The Hall–Kier alpha value is -1.98. The van der Waals surface area contributed by atoms with E-state index in [1.807, 2.05) is 13.0 Å². The number of hydrogen-bond donors (Lipinski definition) is 2. The highest BCUT2D eigenvalue weighted by Crippen LogP contribution is 2.34. The molecule has 0 heterocycles. The van der Waals surface area contributed by atoms with E-state index >= 15 is 0 Å². The Kier molecular flexibility index (Phi) is 7.13. The lowest BCUT2D eigenvalue weighted by molar-refractivity contribution is 0.0600. The number of rotatable bonds is 8. The fourth-order valence-corrected chi connectivity index (χ4v) is 2.51. The number of carboxylic acids is 1. The highest BCUT2D eigenvalue weighted by molar-refractivity contribution is 8.11. The summed E-state index contributed by atoms with van der Waals surface area (Å²) in [5.41, 5.74) is 0.780. The Morgan fingerprint density at radius 3 is 2.43 bits per heavy atom. The molecule has 2 unspecified atom stereocenters. The van der Waals surface area contributed by atoms with Crippen molar-refractivity contribution in [3.05, 3.63) is 59.5 Å². The van der Waals surface area contributed by atoms with Crippen LogP contribution in [0, 0.1) is 0 Å². The molecule has 0 saturated carbocycles. The Morgan fingerprint density at radius 2 is 1.91 bits per heavy atom. The zero-order chi connectivity index (χ0) is 17.6. The summed E-state index contributed by atoms with van der Waals surface area (Å²) in [7, 11) is 0. The van der Waals surface area contributed by atoms with E-state index < -0.39 is 18.2 Å². The average Bonchev–Trinajstić information content (AvgIpc) is 2.46. The van der Waals surface area contributed by atoms with Crippen LogP contribution in [0.4, 0.5) is 0 Å². The minimum atomic E-state index is -1.04. The van der Waals surface area contributed by atoms with Crippen molar-refractivity contribution in [3.8, 4) is 5.75 Å². The molecule has 0 aliphatic heterocycles. The van der Waals surface area contributed by atoms with Crippen molar-refractivity contribution in [1.82, 2.24) is 0 Å². The van der Waals surface area contributed by atoms with Crippen molar-refractivity contribution in [2.75, 3.05) is 0 Å². The first-order valence-corrected chi connectivity index (χ1v) is 7.95. The zero-order valence-corrected chi connectivity index (χ0v) is 14.4. The second kappa shape index (κ2) is 8.60. The van der Waals surface area contributed by atoms with Crippen molar-refractivity contribution in [2.24, 2.45) is 0 Å². The van der Waals surface area contributed by atoms with Crippen LogP contribution in [-0.4, -0.2) is 28.4 Å². The Morgan fingerprint density at radius 1 is 1.30 bits per heavy atom. The Labute approximate surface area is 141 Å². The second-order valence-electron chi connectivity index (χ2n) is 5.15. The molecule has 5 heteroatoms. The Bertz CT molecular complexity index is 632. The molecule has 1 aromatic rings. The lowest BCUT2D eigenvalue weighted by Gasteiger charge is -2.18. The fraction of sp³-hybridized carbons (Fsp3) is 0.278. The molecule has 124 valence electrons. The van der Waals surface area contributed by atoms with Gasteiger partial charge in [-0.05, 0) is 49.4 Å². The molecule has 1 rings (SSSR count). The third kappa shape index (κ3) is 5.96. The average molecular weight is 334 g/mol. The van der Waals surface area contributed by atoms with Gasteiger partial charge in [0.2, 0.25) is 0 Å². The van der Waals surface area contributed by atoms with Gasteiger partial charge in [0.05, 0.1) is 11.7 Å². The predicted molar refractivity (Wildman–Crippen MR) is 95.8 cm³/mol. The van der Waals surface area contributed by atoms with E-state index in [-0.39, 0.29) is 5.56 Å². The molecule has 0 spiro atoms. The van der Waals surface area contributed by atoms with Gasteiger partial charge in [-0.25, -0.2) is 4.79 Å². The van der Waals surface area contributed by atoms with Crippen molar-refractivity contribution < 1.29 is 19.7 Å². The molecule has 0 aliphatic carbocycles. The summed E-state index contributed by atoms with van der Waals surface area (Å²) < 4.78 is 5.62. The third-order valence-electron chi connectivity index (χ3n) is 3.11. The molecule has 0 bridgehead atoms. The van der Waals surface area contributed by atoms with Gasteiger partial charge in [0.15, 0.2) is 0 Å². The van der Waals surface area contributed by atoms with Gasteiger partial charge in [-0.2, -0.15) is 0 Å². The summed E-state index contributed by atoms with van der Waals surface area (Å²) in [5.74, 6) is -0.655. The summed E-state index contributed by atoms with van der Waals surface area (Å²) in [6.07, 6.45) is 2.42. The van der Waals surface area contributed by atoms with Gasteiger partial charge in [0, 0.05) is 4.91 Å². The first-order chi connectivity index (χ1) is 10.7. The number of carbonyl (C=O) groups is 1. The van der Waals surface area contributed by atoms with Crippen molar-refractivity contribution in [3.63, 3.8) is 0 Å². The van der Waals surface area contributed by atoms with Crippen LogP contribution in [0.2, 0.25) is 0 Å². The molecule has 0 fully saturated rings. The number of thioether (sulfide) groups is 1. The number of benzene rings is 1. The predicted octanol–water partition coefficient (Wildman–Crippen LogP) is 4.33. The zero-order valence-electron chi connectivity index (χ0n) is 13.6. The van der Waals surface area contributed by atoms with E-state index in [1.54, 1.807) is 32.1 Å². The minimum absolute atomic E-state index is 0.113. The largest absolute Gasteiger partial charge is 0.488 e. The van der Waals surface area contributed by atoms with E-state index in [0.29, 0.717) is 16.2 Å².